The van der Waals surface area contributed by atoms with Gasteiger partial charge >= 0.3 is 5.97 Å². The van der Waals surface area contributed by atoms with Crippen LogP contribution in [-0.2, 0) is 16.6 Å². The quantitative estimate of drug-likeness (QED) is 0.292. The fourth-order valence-electron chi connectivity index (χ4n) is 3.31. The zero-order valence-corrected chi connectivity index (χ0v) is 22.4. The second-order valence-corrected chi connectivity index (χ2v) is 9.91. The number of carbonyl (C=O) groups excluding carboxylic acids is 3. The third-order valence-electron chi connectivity index (χ3n) is 5.18. The third-order valence-corrected chi connectivity index (χ3v) is 6.74. The predicted molar refractivity (Wildman–Crippen MR) is 140 cm³/mol. The molecule has 2 aromatic carbocycles. The van der Waals surface area contributed by atoms with E-state index in [4.69, 9.17) is 27.9 Å². The summed E-state index contributed by atoms with van der Waals surface area (Å²) in [7, 11) is 3.06. The number of halogens is 2. The van der Waals surface area contributed by atoms with Gasteiger partial charge in [0.05, 0.1) is 35.1 Å². The van der Waals surface area contributed by atoms with Crippen molar-refractivity contribution in [3.63, 3.8) is 0 Å². The lowest BCUT2D eigenvalue weighted by atomic mass is 10.0. The summed E-state index contributed by atoms with van der Waals surface area (Å²) in [6.07, 6.45) is 0. The number of esters is 1. The summed E-state index contributed by atoms with van der Waals surface area (Å²) in [5.74, 6) is -0.535. The largest absolute Gasteiger partial charge is 0.465 e. The highest BCUT2D eigenvalue weighted by Gasteiger charge is 2.26. The van der Waals surface area contributed by atoms with Crippen LogP contribution >= 0.6 is 35.0 Å². The number of nitrogens with zero attached hydrogens (tertiary/aromatic N) is 3. The predicted octanol–water partition coefficient (Wildman–Crippen LogP) is 4.77. The minimum Gasteiger partial charge on any atom is -0.465 e. The van der Waals surface area contributed by atoms with Crippen molar-refractivity contribution in [2.45, 2.75) is 25.0 Å². The highest BCUT2D eigenvalue weighted by Crippen LogP contribution is 2.26. The summed E-state index contributed by atoms with van der Waals surface area (Å²) in [4.78, 5) is 37.0. The van der Waals surface area contributed by atoms with Crippen LogP contribution in [0.2, 0.25) is 10.0 Å². The molecular formula is C24H25Cl2N5O4S. The van der Waals surface area contributed by atoms with Crippen molar-refractivity contribution >= 4 is 58.4 Å². The number of aromatic nitrogens is 3. The maximum Gasteiger partial charge on any atom is 0.337 e. The lowest BCUT2D eigenvalue weighted by Gasteiger charge is -2.22. The minimum atomic E-state index is -0.489. The van der Waals surface area contributed by atoms with Crippen LogP contribution in [0.5, 0.6) is 0 Å². The number of anilines is 1. The number of methoxy groups -OCH3 is 1. The van der Waals surface area contributed by atoms with E-state index in [0.717, 1.165) is 0 Å². The number of hydrogen-bond donors (Lipinski definition) is 2. The number of benzene rings is 2. The molecule has 0 bridgehead atoms. The van der Waals surface area contributed by atoms with Crippen molar-refractivity contribution < 1.29 is 19.1 Å². The molecular weight excluding hydrogens is 525 g/mol. The van der Waals surface area contributed by atoms with E-state index in [1.54, 1.807) is 41.9 Å². The van der Waals surface area contributed by atoms with Crippen molar-refractivity contribution in [3.8, 4) is 0 Å². The average molecular weight is 550 g/mol. The molecule has 9 nitrogen and oxygen atoms in total. The smallest absolute Gasteiger partial charge is 0.337 e. The standard InChI is InChI=1S/C24H25Cl2N5O4S/c1-13(2)20(28-22(33)17-9-8-15(25)11-18(17)26)21-29-30-24(31(21)3)36-12-19(32)27-16-7-5-6-14(10-16)23(34)35-4/h5-11,13,20H,12H2,1-4H3,(H,27,32)(H,28,33)/t20-/m0/s1. The van der Waals surface area contributed by atoms with Crippen LogP contribution < -0.4 is 10.6 Å². The summed E-state index contributed by atoms with van der Waals surface area (Å²) in [6.45, 7) is 3.90. The molecule has 0 saturated carbocycles. The zero-order valence-electron chi connectivity index (χ0n) is 20.0. The van der Waals surface area contributed by atoms with E-state index < -0.39 is 12.0 Å². The first-order valence-corrected chi connectivity index (χ1v) is 12.6. The van der Waals surface area contributed by atoms with E-state index in [2.05, 4.69) is 20.8 Å². The number of ether oxygens (including phenoxy) is 1. The average Bonchev–Trinajstić information content (AvgIpc) is 3.20. The molecule has 0 aliphatic heterocycles. The molecule has 2 amide bonds. The van der Waals surface area contributed by atoms with Crippen molar-refractivity contribution in [1.29, 1.82) is 0 Å². The van der Waals surface area contributed by atoms with Gasteiger partial charge in [-0.2, -0.15) is 0 Å². The fourth-order valence-corrected chi connectivity index (χ4v) is 4.53. The van der Waals surface area contributed by atoms with Crippen LogP contribution in [0.4, 0.5) is 5.69 Å². The molecule has 0 fully saturated rings. The second-order valence-electron chi connectivity index (χ2n) is 8.13. The highest BCUT2D eigenvalue weighted by atomic mass is 35.5. The monoisotopic (exact) mass is 549 g/mol. The maximum absolute atomic E-state index is 12.9. The first-order valence-electron chi connectivity index (χ1n) is 10.9. The summed E-state index contributed by atoms with van der Waals surface area (Å²) in [5.41, 5.74) is 1.12. The van der Waals surface area contributed by atoms with Gasteiger partial charge in [0.1, 0.15) is 0 Å². The van der Waals surface area contributed by atoms with E-state index in [1.165, 1.54) is 31.0 Å². The Labute approximate surface area is 222 Å². The number of rotatable bonds is 9. The summed E-state index contributed by atoms with van der Waals surface area (Å²) < 4.78 is 6.44. The molecule has 0 aliphatic carbocycles. The van der Waals surface area contributed by atoms with Crippen molar-refractivity contribution in [1.82, 2.24) is 20.1 Å². The van der Waals surface area contributed by atoms with E-state index >= 15 is 0 Å². The van der Waals surface area contributed by atoms with Crippen LogP contribution in [0, 0.1) is 5.92 Å². The Kier molecular flexibility index (Phi) is 9.36. The molecule has 0 aliphatic rings. The van der Waals surface area contributed by atoms with Gasteiger partial charge in [-0.3, -0.25) is 9.59 Å². The Hall–Kier alpha value is -3.08. The molecule has 1 aromatic heterocycles. The topological polar surface area (TPSA) is 115 Å². The van der Waals surface area contributed by atoms with E-state index in [1.807, 2.05) is 13.8 Å². The minimum absolute atomic E-state index is 0.00818. The van der Waals surface area contributed by atoms with Crippen molar-refractivity contribution in [2.24, 2.45) is 13.0 Å². The van der Waals surface area contributed by atoms with Crippen LogP contribution in [0.15, 0.2) is 47.6 Å². The van der Waals surface area contributed by atoms with E-state index in [9.17, 15) is 14.4 Å². The van der Waals surface area contributed by atoms with Gasteiger partial charge in [-0.15, -0.1) is 10.2 Å². The van der Waals surface area contributed by atoms with Crippen LogP contribution in [-0.4, -0.2) is 45.4 Å². The lowest BCUT2D eigenvalue weighted by molar-refractivity contribution is -0.113. The van der Waals surface area contributed by atoms with Crippen molar-refractivity contribution in [3.05, 3.63) is 69.5 Å². The summed E-state index contributed by atoms with van der Waals surface area (Å²) in [5, 5.41) is 15.4. The van der Waals surface area contributed by atoms with Gasteiger partial charge < -0.3 is 19.9 Å². The molecule has 0 radical (unpaired) electrons. The zero-order chi connectivity index (χ0) is 26.4. The number of nitrogens with one attached hydrogen (secondary N) is 2. The molecule has 190 valence electrons. The normalized spacial score (nSPS) is 11.8. The maximum atomic E-state index is 12.9. The Morgan fingerprint density at radius 2 is 1.86 bits per heavy atom. The summed E-state index contributed by atoms with van der Waals surface area (Å²) >= 11 is 13.3. The highest BCUT2D eigenvalue weighted by molar-refractivity contribution is 7.99. The number of carbonyl (C=O) groups is 3. The molecule has 12 heteroatoms. The molecule has 3 aromatic rings. The Bertz CT molecular complexity index is 1280. The van der Waals surface area contributed by atoms with Gasteiger partial charge in [0.25, 0.3) is 5.91 Å². The Morgan fingerprint density at radius 3 is 2.53 bits per heavy atom. The molecule has 3 rings (SSSR count). The molecule has 0 unspecified atom stereocenters. The first kappa shape index (κ1) is 27.5. The van der Waals surface area contributed by atoms with E-state index in [0.29, 0.717) is 32.8 Å². The fraction of sp³-hybridized carbons (Fsp3) is 0.292. The first-order chi connectivity index (χ1) is 17.1. The number of hydrogen-bond acceptors (Lipinski definition) is 7. The molecule has 36 heavy (non-hydrogen) atoms. The van der Waals surface area contributed by atoms with Crippen LogP contribution in [0.3, 0.4) is 0 Å². The number of thioether (sulfide) groups is 1. The summed E-state index contributed by atoms with van der Waals surface area (Å²) in [6, 6.07) is 10.7. The molecule has 1 heterocycles. The SMILES string of the molecule is COC(=O)c1cccc(NC(=O)CSc2nnc([C@@H](NC(=O)c3ccc(Cl)cc3Cl)C(C)C)n2C)c1. The third kappa shape index (κ3) is 6.77. The number of amides is 2. The Balaban J connectivity index is 1.67. The molecule has 1 atom stereocenters. The lowest BCUT2D eigenvalue weighted by Crippen LogP contribution is -2.33. The van der Waals surface area contributed by atoms with Gasteiger partial charge in [-0.25, -0.2) is 4.79 Å². The van der Waals surface area contributed by atoms with Gasteiger partial charge in [0.2, 0.25) is 5.91 Å². The van der Waals surface area contributed by atoms with Gasteiger partial charge in [0.15, 0.2) is 11.0 Å². The van der Waals surface area contributed by atoms with Crippen LogP contribution in [0.1, 0.15) is 46.4 Å². The van der Waals surface area contributed by atoms with Crippen LogP contribution in [0.25, 0.3) is 0 Å². The molecule has 0 saturated heterocycles. The Morgan fingerprint density at radius 1 is 1.11 bits per heavy atom. The second kappa shape index (κ2) is 12.2. The van der Waals surface area contributed by atoms with Gasteiger partial charge in [-0.05, 0) is 42.3 Å². The van der Waals surface area contributed by atoms with Crippen molar-refractivity contribution in [2.75, 3.05) is 18.2 Å². The molecule has 0 spiro atoms. The van der Waals surface area contributed by atoms with Gasteiger partial charge in [0, 0.05) is 17.8 Å². The molecule has 2 N–H and O–H groups in total. The van der Waals surface area contributed by atoms with Gasteiger partial charge in [-0.1, -0.05) is 54.9 Å². The van der Waals surface area contributed by atoms with E-state index in [-0.39, 0.29) is 28.5 Å².